The summed E-state index contributed by atoms with van der Waals surface area (Å²) >= 11 is 0. The maximum absolute atomic E-state index is 13.2. The summed E-state index contributed by atoms with van der Waals surface area (Å²) in [5.74, 6) is -2.61. The van der Waals surface area contributed by atoms with Crippen LogP contribution in [-0.4, -0.2) is 47.7 Å². The Kier molecular flexibility index (Phi) is 10.7. The van der Waals surface area contributed by atoms with Crippen molar-refractivity contribution < 1.29 is 33.8 Å². The molecule has 3 aromatic carbocycles. The zero-order valence-electron chi connectivity index (χ0n) is 23.6. The first-order valence-electron chi connectivity index (χ1n) is 14.2. The zero-order chi connectivity index (χ0) is 29.9. The summed E-state index contributed by atoms with van der Waals surface area (Å²) in [6.45, 7) is 2.01. The molecule has 0 saturated heterocycles. The lowest BCUT2D eigenvalue weighted by molar-refractivity contribution is -0.147. The van der Waals surface area contributed by atoms with Gasteiger partial charge in [-0.3, -0.25) is 14.4 Å². The maximum Gasteiger partial charge on any atom is 0.407 e. The second-order valence-electron chi connectivity index (χ2n) is 10.3. The molecule has 9 nitrogen and oxygen atoms in total. The number of carboxylic acid groups (broad SMARTS) is 1. The average Bonchev–Trinajstić information content (AvgIpc) is 3.31. The Labute approximate surface area is 245 Å². The minimum absolute atomic E-state index is 0.0110. The van der Waals surface area contributed by atoms with Crippen molar-refractivity contribution in [2.24, 2.45) is 0 Å². The highest BCUT2D eigenvalue weighted by Crippen LogP contribution is 2.44. The summed E-state index contributed by atoms with van der Waals surface area (Å²) in [5, 5.41) is 14.5. The van der Waals surface area contributed by atoms with Gasteiger partial charge in [0.15, 0.2) is 0 Å². The molecule has 3 N–H and O–H groups in total. The Balaban J connectivity index is 1.43. The van der Waals surface area contributed by atoms with E-state index in [1.807, 2.05) is 73.7 Å². The van der Waals surface area contributed by atoms with Crippen LogP contribution in [0.4, 0.5) is 4.79 Å². The number of carbonyl (C=O) groups excluding carboxylic acids is 3. The molecule has 0 radical (unpaired) electrons. The van der Waals surface area contributed by atoms with Crippen molar-refractivity contribution >= 4 is 23.9 Å². The summed E-state index contributed by atoms with van der Waals surface area (Å²) in [5.41, 5.74) is 5.02. The van der Waals surface area contributed by atoms with Crippen molar-refractivity contribution in [1.29, 1.82) is 0 Å². The number of alkyl carbamates (subject to hydrolysis) is 1. The lowest BCUT2D eigenvalue weighted by Gasteiger charge is -2.23. The van der Waals surface area contributed by atoms with Gasteiger partial charge in [0.05, 0.1) is 12.8 Å². The van der Waals surface area contributed by atoms with E-state index in [2.05, 4.69) is 10.6 Å². The Bertz CT molecular complexity index is 1350. The summed E-state index contributed by atoms with van der Waals surface area (Å²) in [4.78, 5) is 50.3. The minimum Gasteiger partial charge on any atom is -0.481 e. The molecule has 0 aromatic heterocycles. The normalized spacial score (nSPS) is 13.3. The molecule has 0 bridgehead atoms. The van der Waals surface area contributed by atoms with E-state index in [1.54, 1.807) is 12.1 Å². The highest BCUT2D eigenvalue weighted by Gasteiger charge is 2.31. The minimum atomic E-state index is -1.32. The number of aliphatic carboxylic acids is 1. The van der Waals surface area contributed by atoms with Gasteiger partial charge < -0.3 is 25.2 Å². The molecule has 1 aliphatic rings. The quantitative estimate of drug-likeness (QED) is 0.227. The largest absolute Gasteiger partial charge is 0.481 e. The molecule has 0 fully saturated rings. The molecule has 0 aliphatic heterocycles. The van der Waals surface area contributed by atoms with E-state index in [9.17, 15) is 24.3 Å². The fourth-order valence-corrected chi connectivity index (χ4v) is 5.14. The second-order valence-corrected chi connectivity index (χ2v) is 10.3. The molecule has 2 amide bonds. The Morgan fingerprint density at radius 1 is 0.810 bits per heavy atom. The first-order valence-corrected chi connectivity index (χ1v) is 14.2. The highest BCUT2D eigenvalue weighted by atomic mass is 16.5. The molecule has 0 heterocycles. The van der Waals surface area contributed by atoms with Crippen molar-refractivity contribution in [3.8, 4) is 11.1 Å². The number of benzene rings is 3. The summed E-state index contributed by atoms with van der Waals surface area (Å²) in [7, 11) is 0. The third-order valence-corrected chi connectivity index (χ3v) is 7.24. The van der Waals surface area contributed by atoms with E-state index < -0.39 is 42.4 Å². The summed E-state index contributed by atoms with van der Waals surface area (Å²) < 4.78 is 10.9. The Morgan fingerprint density at radius 3 is 2.05 bits per heavy atom. The van der Waals surface area contributed by atoms with Crippen molar-refractivity contribution in [1.82, 2.24) is 10.6 Å². The van der Waals surface area contributed by atoms with Crippen LogP contribution in [0.1, 0.15) is 61.6 Å². The molecule has 1 aliphatic carbocycles. The van der Waals surface area contributed by atoms with Gasteiger partial charge in [-0.1, -0.05) is 98.6 Å². The second kappa shape index (κ2) is 14.8. The van der Waals surface area contributed by atoms with Gasteiger partial charge in [-0.25, -0.2) is 4.79 Å². The van der Waals surface area contributed by atoms with Gasteiger partial charge in [0.2, 0.25) is 5.91 Å². The van der Waals surface area contributed by atoms with Crippen LogP contribution in [0.3, 0.4) is 0 Å². The number of carbonyl (C=O) groups is 4. The average molecular weight is 573 g/mol. The fourth-order valence-electron chi connectivity index (χ4n) is 5.14. The number of unbranched alkanes of at least 4 members (excludes halogenated alkanes) is 1. The number of hydrogen-bond acceptors (Lipinski definition) is 6. The SMILES string of the molecule is CCCC[C@H](CC(=O)O)NC(=O)[C@H](CC(=O)OCc1ccccc1)NC(=O)OCC1c2ccccc2-c2ccccc21. The van der Waals surface area contributed by atoms with Gasteiger partial charge in [-0.05, 0) is 34.2 Å². The number of ether oxygens (including phenoxy) is 2. The number of hydrogen-bond donors (Lipinski definition) is 3. The van der Waals surface area contributed by atoms with E-state index >= 15 is 0 Å². The molecule has 42 heavy (non-hydrogen) atoms. The predicted octanol–water partition coefficient (Wildman–Crippen LogP) is 5.18. The van der Waals surface area contributed by atoms with E-state index in [0.29, 0.717) is 12.8 Å². The molecule has 3 aromatic rings. The first kappa shape index (κ1) is 30.3. The number of carboxylic acids is 1. The van der Waals surface area contributed by atoms with Gasteiger partial charge >= 0.3 is 18.0 Å². The molecule has 9 heteroatoms. The first-order chi connectivity index (χ1) is 20.4. The van der Waals surface area contributed by atoms with Gasteiger partial charge in [-0.2, -0.15) is 0 Å². The smallest absolute Gasteiger partial charge is 0.407 e. The van der Waals surface area contributed by atoms with Crippen molar-refractivity contribution in [2.45, 2.75) is 63.6 Å². The number of esters is 1. The number of rotatable bonds is 14. The molecular weight excluding hydrogens is 536 g/mol. The van der Waals surface area contributed by atoms with Gasteiger partial charge in [-0.15, -0.1) is 0 Å². The van der Waals surface area contributed by atoms with Gasteiger partial charge in [0.1, 0.15) is 19.3 Å². The maximum atomic E-state index is 13.2. The van der Waals surface area contributed by atoms with Gasteiger partial charge in [0, 0.05) is 12.0 Å². The molecular formula is C33H36N2O7. The van der Waals surface area contributed by atoms with Crippen LogP contribution in [0.2, 0.25) is 0 Å². The van der Waals surface area contributed by atoms with Crippen molar-refractivity contribution in [3.05, 3.63) is 95.6 Å². The van der Waals surface area contributed by atoms with Crippen LogP contribution in [0, 0.1) is 0 Å². The topological polar surface area (TPSA) is 131 Å². The number of amides is 2. The lowest BCUT2D eigenvalue weighted by atomic mass is 9.98. The summed E-state index contributed by atoms with van der Waals surface area (Å²) in [6, 6.07) is 23.0. The van der Waals surface area contributed by atoms with E-state index in [1.165, 1.54) is 0 Å². The van der Waals surface area contributed by atoms with Gasteiger partial charge in [0.25, 0.3) is 0 Å². The molecule has 4 rings (SSSR count). The van der Waals surface area contributed by atoms with Crippen LogP contribution in [-0.2, 0) is 30.5 Å². The molecule has 220 valence electrons. The Hall–Kier alpha value is -4.66. The van der Waals surface area contributed by atoms with E-state index in [4.69, 9.17) is 9.47 Å². The van der Waals surface area contributed by atoms with Crippen LogP contribution in [0.25, 0.3) is 11.1 Å². The third kappa shape index (κ3) is 8.19. The lowest BCUT2D eigenvalue weighted by Crippen LogP contribution is -2.51. The van der Waals surface area contributed by atoms with Crippen LogP contribution >= 0.6 is 0 Å². The highest BCUT2D eigenvalue weighted by molar-refractivity contribution is 5.90. The molecule has 2 atom stereocenters. The molecule has 0 saturated carbocycles. The molecule has 0 unspecified atom stereocenters. The number of fused-ring (bicyclic) bond motifs is 3. The standard InChI is InChI=1S/C33H36N2O7/c1-2-3-13-23(18-30(36)37)34-32(39)29(19-31(38)41-20-22-11-5-4-6-12-22)35-33(40)42-21-28-26-16-9-7-14-24(26)25-15-8-10-17-27(25)28/h4-12,14-17,23,28-29H,2-3,13,18-21H2,1H3,(H,34,39)(H,35,40)(H,36,37)/t23-,29+/m1/s1. The van der Waals surface area contributed by atoms with Crippen LogP contribution < -0.4 is 10.6 Å². The van der Waals surface area contributed by atoms with E-state index in [0.717, 1.165) is 34.2 Å². The van der Waals surface area contributed by atoms with Crippen LogP contribution in [0.15, 0.2) is 78.9 Å². The number of nitrogens with one attached hydrogen (secondary N) is 2. The van der Waals surface area contributed by atoms with E-state index in [-0.39, 0.29) is 25.6 Å². The van der Waals surface area contributed by atoms with Crippen molar-refractivity contribution in [2.75, 3.05) is 6.61 Å². The van der Waals surface area contributed by atoms with Crippen LogP contribution in [0.5, 0.6) is 0 Å². The Morgan fingerprint density at radius 2 is 1.43 bits per heavy atom. The molecule has 0 spiro atoms. The third-order valence-electron chi connectivity index (χ3n) is 7.24. The predicted molar refractivity (Wildman–Crippen MR) is 157 cm³/mol. The summed E-state index contributed by atoms with van der Waals surface area (Å²) in [6.07, 6.45) is 0.389. The monoisotopic (exact) mass is 572 g/mol. The fraction of sp³-hybridized carbons (Fsp3) is 0.333. The zero-order valence-corrected chi connectivity index (χ0v) is 23.6. The van der Waals surface area contributed by atoms with Crippen molar-refractivity contribution in [3.63, 3.8) is 0 Å².